The van der Waals surface area contributed by atoms with Crippen molar-refractivity contribution >= 4 is 44.6 Å². The summed E-state index contributed by atoms with van der Waals surface area (Å²) in [6.45, 7) is 2.88. The molecule has 2 heterocycles. The summed E-state index contributed by atoms with van der Waals surface area (Å²) in [5.74, 6) is 0.121. The fourth-order valence-corrected chi connectivity index (χ4v) is 3.50. The van der Waals surface area contributed by atoms with Crippen LogP contribution in [-0.4, -0.2) is 47.9 Å². The third-order valence-electron chi connectivity index (χ3n) is 4.67. The minimum Gasteiger partial charge on any atom is -0.378 e. The lowest BCUT2D eigenvalue weighted by atomic mass is 10.2. The quantitative estimate of drug-likeness (QED) is 0.592. The Morgan fingerprint density at radius 1 is 1.11 bits per heavy atom. The van der Waals surface area contributed by atoms with Crippen LogP contribution in [0.4, 0.5) is 5.69 Å². The average molecular weight is 426 g/mol. The van der Waals surface area contributed by atoms with Gasteiger partial charge in [-0.25, -0.2) is 0 Å². The minimum atomic E-state index is 0.121. The van der Waals surface area contributed by atoms with Crippen molar-refractivity contribution in [1.29, 1.82) is 0 Å². The number of amides is 1. The predicted molar refractivity (Wildman–Crippen MR) is 111 cm³/mol. The van der Waals surface area contributed by atoms with Crippen molar-refractivity contribution in [3.8, 4) is 0 Å². The highest BCUT2D eigenvalue weighted by molar-refractivity contribution is 9.10. The SMILES string of the molecule is O=C(Cn1cc(C=Nc2ccc(Br)cc2)c2ccccc21)N1CCOCC1. The monoisotopic (exact) mass is 425 g/mol. The second-order valence-electron chi connectivity index (χ2n) is 6.46. The number of halogens is 1. The van der Waals surface area contributed by atoms with E-state index in [1.54, 1.807) is 0 Å². The van der Waals surface area contributed by atoms with Crippen molar-refractivity contribution in [2.75, 3.05) is 26.3 Å². The fourth-order valence-electron chi connectivity index (χ4n) is 3.24. The molecule has 0 unspecified atom stereocenters. The molecule has 0 radical (unpaired) electrons. The van der Waals surface area contributed by atoms with Crippen molar-refractivity contribution in [2.24, 2.45) is 4.99 Å². The Kier molecular flexibility index (Phi) is 5.36. The molecule has 27 heavy (non-hydrogen) atoms. The molecule has 138 valence electrons. The Balaban J connectivity index is 1.60. The van der Waals surface area contributed by atoms with Gasteiger partial charge < -0.3 is 14.2 Å². The number of aliphatic imine (C=N–C) groups is 1. The van der Waals surface area contributed by atoms with E-state index in [0.29, 0.717) is 32.8 Å². The van der Waals surface area contributed by atoms with Crippen LogP contribution in [0, 0.1) is 0 Å². The van der Waals surface area contributed by atoms with Gasteiger partial charge in [0.05, 0.1) is 18.9 Å². The Morgan fingerprint density at radius 2 is 1.85 bits per heavy atom. The first kappa shape index (κ1) is 17.9. The number of hydrogen-bond acceptors (Lipinski definition) is 3. The number of carbonyl (C=O) groups excluding carboxylic acids is 1. The second kappa shape index (κ2) is 8.06. The van der Waals surface area contributed by atoms with Gasteiger partial charge in [0, 0.05) is 46.4 Å². The van der Waals surface area contributed by atoms with E-state index in [1.807, 2.05) is 64.3 Å². The zero-order valence-electron chi connectivity index (χ0n) is 14.8. The Morgan fingerprint density at radius 3 is 2.63 bits per heavy atom. The van der Waals surface area contributed by atoms with Gasteiger partial charge in [-0.1, -0.05) is 34.1 Å². The number of benzene rings is 2. The number of morpholine rings is 1. The van der Waals surface area contributed by atoms with E-state index in [9.17, 15) is 4.79 Å². The Labute approximate surface area is 166 Å². The third kappa shape index (κ3) is 4.12. The standard InChI is InChI=1S/C21H20BrN3O2/c22-17-5-7-18(8-6-17)23-13-16-14-25(20-4-2-1-3-19(16)20)15-21(26)24-9-11-27-12-10-24/h1-8,13-14H,9-12,15H2. The largest absolute Gasteiger partial charge is 0.378 e. The molecule has 1 amide bonds. The van der Waals surface area contributed by atoms with Crippen LogP contribution in [0.5, 0.6) is 0 Å². The van der Waals surface area contributed by atoms with Gasteiger partial charge >= 0.3 is 0 Å². The van der Waals surface area contributed by atoms with Gasteiger partial charge in [-0.05, 0) is 30.3 Å². The number of hydrogen-bond donors (Lipinski definition) is 0. The number of para-hydroxylation sites is 1. The van der Waals surface area contributed by atoms with E-state index in [2.05, 4.69) is 27.0 Å². The molecule has 0 saturated carbocycles. The van der Waals surface area contributed by atoms with E-state index < -0.39 is 0 Å². The van der Waals surface area contributed by atoms with Crippen LogP contribution >= 0.6 is 15.9 Å². The molecule has 5 nitrogen and oxygen atoms in total. The molecular formula is C21H20BrN3O2. The molecule has 0 spiro atoms. The fraction of sp³-hybridized carbons (Fsp3) is 0.238. The number of carbonyl (C=O) groups is 1. The van der Waals surface area contributed by atoms with Gasteiger partial charge in [0.1, 0.15) is 6.54 Å². The van der Waals surface area contributed by atoms with Crippen LogP contribution in [0.25, 0.3) is 10.9 Å². The molecular weight excluding hydrogens is 406 g/mol. The maximum atomic E-state index is 12.6. The number of fused-ring (bicyclic) bond motifs is 1. The van der Waals surface area contributed by atoms with Gasteiger partial charge in [-0.3, -0.25) is 9.79 Å². The smallest absolute Gasteiger partial charge is 0.242 e. The van der Waals surface area contributed by atoms with Gasteiger partial charge in [0.25, 0.3) is 0 Å². The average Bonchev–Trinajstić information content (AvgIpc) is 3.06. The van der Waals surface area contributed by atoms with Gasteiger partial charge in [0.15, 0.2) is 0 Å². The lowest BCUT2D eigenvalue weighted by molar-refractivity contribution is -0.135. The molecule has 4 rings (SSSR count). The van der Waals surface area contributed by atoms with Crippen LogP contribution in [0.15, 0.2) is 64.2 Å². The van der Waals surface area contributed by atoms with Crippen LogP contribution in [0.1, 0.15) is 5.56 Å². The third-order valence-corrected chi connectivity index (χ3v) is 5.20. The van der Waals surface area contributed by atoms with Crippen molar-refractivity contribution in [3.63, 3.8) is 0 Å². The van der Waals surface area contributed by atoms with Crippen LogP contribution < -0.4 is 0 Å². The number of ether oxygens (including phenoxy) is 1. The van der Waals surface area contributed by atoms with Crippen molar-refractivity contribution in [1.82, 2.24) is 9.47 Å². The van der Waals surface area contributed by atoms with E-state index in [0.717, 1.165) is 26.6 Å². The molecule has 1 aliphatic rings. The van der Waals surface area contributed by atoms with Crippen LogP contribution in [0.2, 0.25) is 0 Å². The summed E-state index contributed by atoms with van der Waals surface area (Å²) in [5, 5.41) is 1.09. The lowest BCUT2D eigenvalue weighted by Crippen LogP contribution is -2.42. The summed E-state index contributed by atoms with van der Waals surface area (Å²) < 4.78 is 8.37. The first-order valence-electron chi connectivity index (χ1n) is 8.94. The molecule has 0 bridgehead atoms. The molecule has 3 aromatic rings. The Bertz CT molecular complexity index is 973. The lowest BCUT2D eigenvalue weighted by Gasteiger charge is -2.27. The summed E-state index contributed by atoms with van der Waals surface area (Å²) in [6, 6.07) is 16.0. The zero-order valence-corrected chi connectivity index (χ0v) is 16.4. The Hall–Kier alpha value is -2.44. The second-order valence-corrected chi connectivity index (χ2v) is 7.37. The van der Waals surface area contributed by atoms with Gasteiger partial charge in [-0.2, -0.15) is 0 Å². The highest BCUT2D eigenvalue weighted by Crippen LogP contribution is 2.22. The normalized spacial score (nSPS) is 14.9. The maximum Gasteiger partial charge on any atom is 0.242 e. The van der Waals surface area contributed by atoms with E-state index in [4.69, 9.17) is 4.74 Å². The highest BCUT2D eigenvalue weighted by Gasteiger charge is 2.18. The maximum absolute atomic E-state index is 12.6. The molecule has 2 aromatic carbocycles. The molecule has 1 fully saturated rings. The first-order chi connectivity index (χ1) is 13.2. The summed E-state index contributed by atoms with van der Waals surface area (Å²) >= 11 is 3.43. The first-order valence-corrected chi connectivity index (χ1v) is 9.73. The summed E-state index contributed by atoms with van der Waals surface area (Å²) in [5.41, 5.74) is 2.93. The molecule has 1 aromatic heterocycles. The van der Waals surface area contributed by atoms with Crippen molar-refractivity contribution in [3.05, 3.63) is 64.8 Å². The minimum absolute atomic E-state index is 0.121. The van der Waals surface area contributed by atoms with Crippen LogP contribution in [0.3, 0.4) is 0 Å². The van der Waals surface area contributed by atoms with Gasteiger partial charge in [-0.15, -0.1) is 0 Å². The summed E-state index contributed by atoms with van der Waals surface area (Å²) in [4.78, 5) is 19.1. The highest BCUT2D eigenvalue weighted by atomic mass is 79.9. The molecule has 6 heteroatoms. The van der Waals surface area contributed by atoms with Crippen molar-refractivity contribution in [2.45, 2.75) is 6.54 Å². The molecule has 0 aliphatic carbocycles. The predicted octanol–water partition coefficient (Wildman–Crippen LogP) is 4.01. The number of rotatable bonds is 4. The van der Waals surface area contributed by atoms with E-state index in [-0.39, 0.29) is 5.91 Å². The van der Waals surface area contributed by atoms with E-state index >= 15 is 0 Å². The molecule has 0 atom stereocenters. The number of aromatic nitrogens is 1. The topological polar surface area (TPSA) is 46.8 Å². The van der Waals surface area contributed by atoms with Gasteiger partial charge in [0.2, 0.25) is 5.91 Å². The molecule has 1 saturated heterocycles. The molecule has 1 aliphatic heterocycles. The summed E-state index contributed by atoms with van der Waals surface area (Å²) in [7, 11) is 0. The van der Waals surface area contributed by atoms with Crippen LogP contribution in [-0.2, 0) is 16.1 Å². The zero-order chi connectivity index (χ0) is 18.6. The summed E-state index contributed by atoms with van der Waals surface area (Å²) in [6.07, 6.45) is 3.87. The van der Waals surface area contributed by atoms with Crippen molar-refractivity contribution < 1.29 is 9.53 Å². The number of nitrogens with zero attached hydrogens (tertiary/aromatic N) is 3. The molecule has 0 N–H and O–H groups in total. The van der Waals surface area contributed by atoms with E-state index in [1.165, 1.54) is 0 Å².